The fourth-order valence-electron chi connectivity index (χ4n) is 2.51. The van der Waals surface area contributed by atoms with E-state index in [0.717, 1.165) is 5.56 Å². The molecule has 0 radical (unpaired) electrons. The van der Waals surface area contributed by atoms with Crippen LogP contribution in [-0.4, -0.2) is 32.8 Å². The molecule has 0 aliphatic carbocycles. The summed E-state index contributed by atoms with van der Waals surface area (Å²) in [6, 6.07) is 9.84. The van der Waals surface area contributed by atoms with Crippen LogP contribution in [0.25, 0.3) is 0 Å². The Bertz CT molecular complexity index is 821. The van der Waals surface area contributed by atoms with Crippen LogP contribution in [0.5, 0.6) is 17.2 Å². The van der Waals surface area contributed by atoms with Crippen molar-refractivity contribution in [2.24, 2.45) is 0 Å². The number of rotatable bonds is 11. The molecule has 0 spiro atoms. The summed E-state index contributed by atoms with van der Waals surface area (Å²) in [7, 11) is 1.37. The molecule has 0 heterocycles. The summed E-state index contributed by atoms with van der Waals surface area (Å²) >= 11 is 11.9. The molecule has 0 aliphatic rings. The molecule has 158 valence electrons. The van der Waals surface area contributed by atoms with Crippen LogP contribution in [0.3, 0.4) is 0 Å². The molecule has 0 atom stereocenters. The van der Waals surface area contributed by atoms with Crippen LogP contribution < -0.4 is 19.5 Å². The van der Waals surface area contributed by atoms with E-state index >= 15 is 0 Å². The monoisotopic (exact) mass is 447 g/mol. The van der Waals surface area contributed by atoms with Crippen LogP contribution in [0.1, 0.15) is 18.4 Å². The predicted octanol–water partition coefficient (Wildman–Crippen LogP) is 5.12. The van der Waals surface area contributed by atoms with Gasteiger partial charge in [0.15, 0.2) is 11.5 Å². The molecule has 2 aromatic rings. The Morgan fingerprint density at radius 3 is 2.66 bits per heavy atom. The van der Waals surface area contributed by atoms with E-state index in [2.05, 4.69) is 10.1 Å². The molecular weight excluding hydrogens is 427 g/mol. The molecule has 9 heteroatoms. The number of halogens is 4. The molecule has 2 aromatic carbocycles. The van der Waals surface area contributed by atoms with Crippen molar-refractivity contribution >= 4 is 29.1 Å². The number of alkyl halides is 2. The first-order chi connectivity index (χ1) is 13.9. The number of nitrogens with one attached hydrogen (secondary N) is 1. The Labute approximate surface area is 177 Å². The number of carbonyl (C=O) groups excluding carboxylic acids is 1. The van der Waals surface area contributed by atoms with Crippen molar-refractivity contribution in [2.75, 3.05) is 20.3 Å². The standard InChI is InChI=1S/C20H21Cl2F2NO4/c1-27-15-8-7-13(12-17(15)29-20(23)24)9-10-25-18(26)6-3-11-28-16-5-2-4-14(21)19(16)22/h2,4-5,7-8,12,20H,3,6,9-11H2,1H3,(H,25,26). The molecule has 1 N–H and O–H groups in total. The number of amides is 1. The smallest absolute Gasteiger partial charge is 0.387 e. The Kier molecular flexibility index (Phi) is 9.28. The minimum atomic E-state index is -2.94. The van der Waals surface area contributed by atoms with Gasteiger partial charge in [0.05, 0.1) is 18.7 Å². The van der Waals surface area contributed by atoms with E-state index in [-0.39, 0.29) is 23.8 Å². The topological polar surface area (TPSA) is 56.8 Å². The summed E-state index contributed by atoms with van der Waals surface area (Å²) in [5, 5.41) is 3.52. The van der Waals surface area contributed by atoms with Gasteiger partial charge in [-0.2, -0.15) is 8.78 Å². The van der Waals surface area contributed by atoms with Crippen LogP contribution in [0.2, 0.25) is 10.0 Å². The van der Waals surface area contributed by atoms with Crippen molar-refractivity contribution in [2.45, 2.75) is 25.9 Å². The van der Waals surface area contributed by atoms with Crippen LogP contribution in [0.4, 0.5) is 8.78 Å². The maximum Gasteiger partial charge on any atom is 0.387 e. The largest absolute Gasteiger partial charge is 0.493 e. The lowest BCUT2D eigenvalue weighted by molar-refractivity contribution is -0.121. The first kappa shape index (κ1) is 23.0. The van der Waals surface area contributed by atoms with E-state index in [0.29, 0.717) is 41.8 Å². The molecule has 0 fully saturated rings. The van der Waals surface area contributed by atoms with Crippen molar-refractivity contribution in [1.29, 1.82) is 0 Å². The van der Waals surface area contributed by atoms with Crippen LogP contribution in [0.15, 0.2) is 36.4 Å². The second-order valence-corrected chi connectivity index (χ2v) is 6.75. The fraction of sp³-hybridized carbons (Fsp3) is 0.350. The molecule has 5 nitrogen and oxygen atoms in total. The van der Waals surface area contributed by atoms with Gasteiger partial charge in [0.1, 0.15) is 10.8 Å². The van der Waals surface area contributed by atoms with E-state index in [9.17, 15) is 13.6 Å². The van der Waals surface area contributed by atoms with Crippen molar-refractivity contribution < 1.29 is 27.8 Å². The number of hydrogen-bond donors (Lipinski definition) is 1. The first-order valence-electron chi connectivity index (χ1n) is 8.86. The molecule has 0 unspecified atom stereocenters. The third kappa shape index (κ3) is 7.59. The van der Waals surface area contributed by atoms with Gasteiger partial charge in [-0.1, -0.05) is 35.3 Å². The fourth-order valence-corrected chi connectivity index (χ4v) is 2.86. The maximum atomic E-state index is 12.5. The normalized spacial score (nSPS) is 10.7. The molecule has 0 saturated carbocycles. The van der Waals surface area contributed by atoms with Gasteiger partial charge in [-0.05, 0) is 42.7 Å². The average Bonchev–Trinajstić information content (AvgIpc) is 2.68. The SMILES string of the molecule is COc1ccc(CCNC(=O)CCCOc2cccc(Cl)c2Cl)cc1OC(F)F. The average molecular weight is 448 g/mol. The van der Waals surface area contributed by atoms with Crippen molar-refractivity contribution in [3.05, 3.63) is 52.0 Å². The van der Waals surface area contributed by atoms with Gasteiger partial charge in [0.2, 0.25) is 5.91 Å². The molecule has 2 rings (SSSR count). The lowest BCUT2D eigenvalue weighted by Crippen LogP contribution is -2.25. The lowest BCUT2D eigenvalue weighted by Gasteiger charge is -2.12. The second kappa shape index (κ2) is 11.7. The van der Waals surface area contributed by atoms with Crippen molar-refractivity contribution in [3.8, 4) is 17.2 Å². The maximum absolute atomic E-state index is 12.5. The highest BCUT2D eigenvalue weighted by molar-refractivity contribution is 6.42. The van der Waals surface area contributed by atoms with E-state index in [1.165, 1.54) is 13.2 Å². The van der Waals surface area contributed by atoms with E-state index in [1.54, 1.807) is 30.3 Å². The molecular formula is C20H21Cl2F2NO4. The zero-order valence-electron chi connectivity index (χ0n) is 15.7. The van der Waals surface area contributed by atoms with E-state index in [1.807, 2.05) is 0 Å². The first-order valence-corrected chi connectivity index (χ1v) is 9.61. The molecule has 0 saturated heterocycles. The third-order valence-electron chi connectivity index (χ3n) is 3.90. The number of hydrogen-bond acceptors (Lipinski definition) is 4. The van der Waals surface area contributed by atoms with Crippen LogP contribution in [0, 0.1) is 0 Å². The minimum Gasteiger partial charge on any atom is -0.493 e. The molecule has 0 aromatic heterocycles. The summed E-state index contributed by atoms with van der Waals surface area (Å²) < 4.78 is 39.9. The Morgan fingerprint density at radius 2 is 1.93 bits per heavy atom. The minimum absolute atomic E-state index is 0.0387. The summed E-state index contributed by atoms with van der Waals surface area (Å²) in [6.45, 7) is -2.26. The number of benzene rings is 2. The number of carbonyl (C=O) groups is 1. The van der Waals surface area contributed by atoms with Gasteiger partial charge < -0.3 is 19.5 Å². The highest BCUT2D eigenvalue weighted by Gasteiger charge is 2.11. The highest BCUT2D eigenvalue weighted by atomic mass is 35.5. The zero-order chi connectivity index (χ0) is 21.2. The molecule has 1 amide bonds. The lowest BCUT2D eigenvalue weighted by atomic mass is 10.1. The number of methoxy groups -OCH3 is 1. The Morgan fingerprint density at radius 1 is 1.14 bits per heavy atom. The predicted molar refractivity (Wildman–Crippen MR) is 108 cm³/mol. The van der Waals surface area contributed by atoms with Gasteiger partial charge in [-0.3, -0.25) is 4.79 Å². The van der Waals surface area contributed by atoms with Gasteiger partial charge >= 0.3 is 6.61 Å². The van der Waals surface area contributed by atoms with E-state index < -0.39 is 6.61 Å². The van der Waals surface area contributed by atoms with E-state index in [4.69, 9.17) is 32.7 Å². The molecule has 0 bridgehead atoms. The van der Waals surface area contributed by atoms with Gasteiger partial charge in [0.25, 0.3) is 0 Å². The summed E-state index contributed by atoms with van der Waals surface area (Å²) in [5.74, 6) is 0.519. The van der Waals surface area contributed by atoms with Crippen LogP contribution in [-0.2, 0) is 11.2 Å². The quantitative estimate of drug-likeness (QED) is 0.485. The van der Waals surface area contributed by atoms with Gasteiger partial charge in [-0.25, -0.2) is 0 Å². The zero-order valence-corrected chi connectivity index (χ0v) is 17.2. The summed E-state index contributed by atoms with van der Waals surface area (Å²) in [6.07, 6.45) is 1.24. The Balaban J connectivity index is 1.71. The molecule has 0 aliphatic heterocycles. The highest BCUT2D eigenvalue weighted by Crippen LogP contribution is 2.31. The third-order valence-corrected chi connectivity index (χ3v) is 4.70. The van der Waals surface area contributed by atoms with Gasteiger partial charge in [-0.15, -0.1) is 0 Å². The number of ether oxygens (including phenoxy) is 3. The summed E-state index contributed by atoms with van der Waals surface area (Å²) in [5.41, 5.74) is 0.737. The van der Waals surface area contributed by atoms with Crippen molar-refractivity contribution in [3.63, 3.8) is 0 Å². The molecule has 29 heavy (non-hydrogen) atoms. The van der Waals surface area contributed by atoms with Gasteiger partial charge in [0, 0.05) is 13.0 Å². The van der Waals surface area contributed by atoms with Crippen LogP contribution >= 0.6 is 23.2 Å². The Hall–Kier alpha value is -2.25. The summed E-state index contributed by atoms with van der Waals surface area (Å²) in [4.78, 5) is 11.9. The van der Waals surface area contributed by atoms with Crippen molar-refractivity contribution in [1.82, 2.24) is 5.32 Å². The second-order valence-electron chi connectivity index (χ2n) is 5.97.